The highest BCUT2D eigenvalue weighted by molar-refractivity contribution is 8.14. The largest absolute Gasteiger partial charge is 0.481 e. The maximum absolute atomic E-state index is 14.8. The van der Waals surface area contributed by atoms with Crippen molar-refractivity contribution in [1.29, 1.82) is 0 Å². The van der Waals surface area contributed by atoms with E-state index >= 15 is 0 Å². The summed E-state index contributed by atoms with van der Waals surface area (Å²) in [6.45, 7) is 3.23. The van der Waals surface area contributed by atoms with Crippen LogP contribution in [0, 0.1) is 11.7 Å². The summed E-state index contributed by atoms with van der Waals surface area (Å²) in [5.41, 5.74) is 2.15. The van der Waals surface area contributed by atoms with Crippen molar-refractivity contribution in [2.45, 2.75) is 63.3 Å². The van der Waals surface area contributed by atoms with Crippen LogP contribution in [0.1, 0.15) is 62.7 Å². The summed E-state index contributed by atoms with van der Waals surface area (Å²) < 4.78 is 16.6. The van der Waals surface area contributed by atoms with Gasteiger partial charge in [-0.1, -0.05) is 30.0 Å². The maximum atomic E-state index is 14.8. The number of unbranched alkanes of at least 4 members (excludes halogenated alkanes) is 1. The van der Waals surface area contributed by atoms with Crippen LogP contribution in [0.3, 0.4) is 0 Å². The fourth-order valence-corrected chi connectivity index (χ4v) is 5.63. The normalized spacial score (nSPS) is 20.4. The third-order valence-corrected chi connectivity index (χ3v) is 7.78. The van der Waals surface area contributed by atoms with Gasteiger partial charge in [-0.05, 0) is 55.9 Å². The minimum absolute atomic E-state index is 0.0109. The Morgan fingerprint density at radius 2 is 1.97 bits per heavy atom. The number of thioether (sulfide) groups is 1. The molecular formula is C27H32FN3O4S. The van der Waals surface area contributed by atoms with Gasteiger partial charge >= 0.3 is 5.97 Å². The van der Waals surface area contributed by atoms with Crippen molar-refractivity contribution in [3.05, 3.63) is 59.2 Å². The van der Waals surface area contributed by atoms with E-state index in [2.05, 4.69) is 5.10 Å². The number of halogens is 1. The number of piperidine rings is 1. The third kappa shape index (κ3) is 6.91. The van der Waals surface area contributed by atoms with Gasteiger partial charge in [0.15, 0.2) is 10.9 Å². The van der Waals surface area contributed by atoms with Gasteiger partial charge in [0, 0.05) is 55.9 Å². The lowest BCUT2D eigenvalue weighted by Gasteiger charge is -2.38. The van der Waals surface area contributed by atoms with Crippen LogP contribution in [0.25, 0.3) is 6.08 Å². The van der Waals surface area contributed by atoms with E-state index < -0.39 is 12.0 Å². The Balaban J connectivity index is 1.55. The molecule has 2 aliphatic rings. The molecule has 1 aromatic carbocycles. The number of Topliss-reactive ketones (excluding diaryl/α,β-unsaturated/α-hetero) is 1. The summed E-state index contributed by atoms with van der Waals surface area (Å²) in [7, 11) is 0. The Bertz CT molecular complexity index is 1140. The fourth-order valence-electron chi connectivity index (χ4n) is 4.71. The second-order valence-corrected chi connectivity index (χ2v) is 10.9. The van der Waals surface area contributed by atoms with Gasteiger partial charge in [-0.2, -0.15) is 5.10 Å². The molecule has 0 bridgehead atoms. The molecule has 192 valence electrons. The summed E-state index contributed by atoms with van der Waals surface area (Å²) in [5.74, 6) is -1.11. The molecule has 2 unspecified atom stereocenters. The molecule has 1 saturated carbocycles. The van der Waals surface area contributed by atoms with E-state index in [-0.39, 0.29) is 34.3 Å². The first kappa shape index (κ1) is 26.3. The van der Waals surface area contributed by atoms with E-state index in [1.54, 1.807) is 29.8 Å². The minimum Gasteiger partial charge on any atom is -0.481 e. The molecule has 7 nitrogen and oxygen atoms in total. The number of carboxylic acid groups (broad SMARTS) is 1. The average Bonchev–Trinajstić information content (AvgIpc) is 3.59. The number of rotatable bonds is 11. The van der Waals surface area contributed by atoms with E-state index in [1.165, 1.54) is 17.8 Å². The topological polar surface area (TPSA) is 92.5 Å². The summed E-state index contributed by atoms with van der Waals surface area (Å²) >= 11 is 1.29. The fraction of sp³-hybridized carbons (Fsp3) is 0.481. The van der Waals surface area contributed by atoms with Crippen LogP contribution in [-0.2, 0) is 20.9 Å². The lowest BCUT2D eigenvalue weighted by atomic mass is 9.93. The number of aryl methyl sites for hydroxylation is 1. The monoisotopic (exact) mass is 513 g/mol. The van der Waals surface area contributed by atoms with E-state index in [1.807, 2.05) is 23.2 Å². The Labute approximate surface area is 214 Å². The van der Waals surface area contributed by atoms with Crippen molar-refractivity contribution >= 4 is 34.7 Å². The molecule has 0 radical (unpaired) electrons. The van der Waals surface area contributed by atoms with Gasteiger partial charge in [0.05, 0.1) is 11.7 Å². The first-order valence-corrected chi connectivity index (χ1v) is 13.3. The zero-order chi connectivity index (χ0) is 25.7. The Hall–Kier alpha value is -2.78. The highest BCUT2D eigenvalue weighted by Crippen LogP contribution is 2.40. The van der Waals surface area contributed by atoms with E-state index in [0.29, 0.717) is 44.5 Å². The zero-order valence-electron chi connectivity index (χ0n) is 20.4. The molecule has 36 heavy (non-hydrogen) atoms. The highest BCUT2D eigenvalue weighted by Gasteiger charge is 2.41. The van der Waals surface area contributed by atoms with Crippen molar-refractivity contribution in [3.8, 4) is 0 Å². The molecule has 1 aliphatic carbocycles. The molecule has 1 N–H and O–H groups in total. The van der Waals surface area contributed by atoms with Crippen molar-refractivity contribution in [3.63, 3.8) is 0 Å². The van der Waals surface area contributed by atoms with Crippen LogP contribution >= 0.6 is 11.8 Å². The zero-order valence-corrected chi connectivity index (χ0v) is 21.3. The van der Waals surface area contributed by atoms with E-state index in [4.69, 9.17) is 5.11 Å². The molecule has 2 heterocycles. The molecular weight excluding hydrogens is 481 g/mol. The Kier molecular flexibility index (Phi) is 8.74. The summed E-state index contributed by atoms with van der Waals surface area (Å²) in [6.07, 6.45) is 7.66. The van der Waals surface area contributed by atoms with Gasteiger partial charge in [0.25, 0.3) is 0 Å². The number of carbonyl (C=O) groups excluding carboxylic acids is 2. The minimum atomic E-state index is -0.800. The van der Waals surface area contributed by atoms with Crippen molar-refractivity contribution in [2.24, 2.45) is 5.92 Å². The SMILES string of the molecule is CC(=O)SC1CCN(C(C(=O)C2CC2)c2ccccc2F)CC1=Cc1ccn(CCCCC(=O)O)n1. The van der Waals surface area contributed by atoms with Crippen LogP contribution in [0.2, 0.25) is 0 Å². The maximum Gasteiger partial charge on any atom is 0.303 e. The van der Waals surface area contributed by atoms with Gasteiger partial charge < -0.3 is 5.11 Å². The van der Waals surface area contributed by atoms with Crippen LogP contribution in [0.4, 0.5) is 4.39 Å². The smallest absolute Gasteiger partial charge is 0.303 e. The van der Waals surface area contributed by atoms with E-state index in [9.17, 15) is 18.8 Å². The molecule has 2 aromatic rings. The number of benzene rings is 1. The lowest BCUT2D eigenvalue weighted by molar-refractivity contribution is -0.137. The number of carboxylic acids is 1. The standard InChI is InChI=1S/C27H32FN3O4S/c1-18(32)36-24-12-14-30(26(27(35)19-9-10-19)22-6-2-3-7-23(22)28)17-20(24)16-21-11-15-31(29-21)13-5-4-8-25(33)34/h2-3,6-7,11,15-16,19,24,26H,4-5,8-10,12-14,17H2,1H3,(H,33,34). The second-order valence-electron chi connectivity index (χ2n) is 9.53. The highest BCUT2D eigenvalue weighted by atomic mass is 32.2. The number of hydrogen-bond acceptors (Lipinski definition) is 6. The number of ketones is 1. The van der Waals surface area contributed by atoms with Crippen molar-refractivity contribution in [1.82, 2.24) is 14.7 Å². The predicted molar refractivity (Wildman–Crippen MR) is 137 cm³/mol. The molecule has 0 spiro atoms. The molecule has 1 aromatic heterocycles. The number of aliphatic carboxylic acids is 1. The van der Waals surface area contributed by atoms with Gasteiger partial charge in [-0.3, -0.25) is 24.0 Å². The quantitative estimate of drug-likeness (QED) is 0.434. The molecule has 2 fully saturated rings. The second kappa shape index (κ2) is 12.0. The van der Waals surface area contributed by atoms with Gasteiger partial charge in [0.1, 0.15) is 5.82 Å². The van der Waals surface area contributed by atoms with Crippen molar-refractivity contribution in [2.75, 3.05) is 13.1 Å². The molecule has 9 heteroatoms. The van der Waals surface area contributed by atoms with Gasteiger partial charge in [0.2, 0.25) is 0 Å². The lowest BCUT2D eigenvalue weighted by Crippen LogP contribution is -2.43. The molecule has 1 saturated heterocycles. The number of hydrogen-bond donors (Lipinski definition) is 1. The predicted octanol–water partition coefficient (Wildman–Crippen LogP) is 4.73. The molecule has 1 aliphatic heterocycles. The average molecular weight is 514 g/mol. The molecule has 2 atom stereocenters. The summed E-state index contributed by atoms with van der Waals surface area (Å²) in [6, 6.07) is 7.76. The van der Waals surface area contributed by atoms with Crippen molar-refractivity contribution < 1.29 is 23.9 Å². The van der Waals surface area contributed by atoms with Gasteiger partial charge in [-0.25, -0.2) is 4.39 Å². The van der Waals surface area contributed by atoms with Crippen LogP contribution in [0.5, 0.6) is 0 Å². The Morgan fingerprint density at radius 1 is 1.19 bits per heavy atom. The summed E-state index contributed by atoms with van der Waals surface area (Å²) in [4.78, 5) is 38.0. The molecule has 4 rings (SSSR count). The van der Waals surface area contributed by atoms with Gasteiger partial charge in [-0.15, -0.1) is 0 Å². The number of aromatic nitrogens is 2. The number of likely N-dealkylation sites (tertiary alicyclic amines) is 1. The third-order valence-electron chi connectivity index (χ3n) is 6.62. The molecule has 0 amide bonds. The van der Waals surface area contributed by atoms with E-state index in [0.717, 1.165) is 24.1 Å². The summed E-state index contributed by atoms with van der Waals surface area (Å²) in [5, 5.41) is 13.4. The van der Waals surface area contributed by atoms with Crippen LogP contribution < -0.4 is 0 Å². The van der Waals surface area contributed by atoms with Crippen LogP contribution in [-0.4, -0.2) is 55.0 Å². The number of carbonyl (C=O) groups is 3. The van der Waals surface area contributed by atoms with Crippen LogP contribution in [0.15, 0.2) is 42.1 Å². The number of nitrogens with zero attached hydrogens (tertiary/aromatic N) is 3. The first-order valence-electron chi connectivity index (χ1n) is 12.5. The first-order chi connectivity index (χ1) is 17.3. The Morgan fingerprint density at radius 3 is 2.67 bits per heavy atom.